The molecule has 194 valence electrons. The van der Waals surface area contributed by atoms with Crippen LogP contribution in [0.1, 0.15) is 46.1 Å². The fourth-order valence-corrected chi connectivity index (χ4v) is 5.30. The van der Waals surface area contributed by atoms with Gasteiger partial charge in [0.15, 0.2) is 0 Å². The van der Waals surface area contributed by atoms with Crippen molar-refractivity contribution in [3.8, 4) is 0 Å². The molecular formula is C28H22BrF3N4O2. The normalized spacial score (nSPS) is 21.0. The summed E-state index contributed by atoms with van der Waals surface area (Å²) in [7, 11) is 0. The quantitative estimate of drug-likeness (QED) is 0.393. The van der Waals surface area contributed by atoms with Crippen molar-refractivity contribution < 1.29 is 22.8 Å². The summed E-state index contributed by atoms with van der Waals surface area (Å²) in [4.78, 5) is 38.0. The molecule has 2 aliphatic heterocycles. The highest BCUT2D eigenvalue weighted by atomic mass is 79.9. The van der Waals surface area contributed by atoms with E-state index >= 15 is 0 Å². The van der Waals surface area contributed by atoms with E-state index in [2.05, 4.69) is 26.2 Å². The summed E-state index contributed by atoms with van der Waals surface area (Å²) >= 11 is 3.37. The molecule has 0 bridgehead atoms. The minimum absolute atomic E-state index is 0.196. The first kappa shape index (κ1) is 25.8. The minimum Gasteiger partial charge on any atom is -0.339 e. The van der Waals surface area contributed by atoms with Crippen LogP contribution in [0.3, 0.4) is 0 Å². The van der Waals surface area contributed by atoms with E-state index in [9.17, 15) is 22.8 Å². The zero-order valence-electron chi connectivity index (χ0n) is 20.1. The monoisotopic (exact) mass is 582 g/mol. The lowest BCUT2D eigenvalue weighted by atomic mass is 9.81. The summed E-state index contributed by atoms with van der Waals surface area (Å²) in [5, 5.41) is 2.71. The van der Waals surface area contributed by atoms with Crippen LogP contribution in [-0.2, 0) is 11.0 Å². The summed E-state index contributed by atoms with van der Waals surface area (Å²) in [5.41, 5.74) is 1.72. The van der Waals surface area contributed by atoms with Crippen molar-refractivity contribution in [2.75, 3.05) is 6.54 Å². The average molecular weight is 583 g/mol. The Balaban J connectivity index is 1.60. The smallest absolute Gasteiger partial charge is 0.339 e. The molecule has 2 aromatic carbocycles. The number of halogens is 4. The fourth-order valence-electron chi connectivity index (χ4n) is 4.94. The molecule has 0 aliphatic carbocycles. The maximum atomic E-state index is 13.9. The Morgan fingerprint density at radius 3 is 2.47 bits per heavy atom. The van der Waals surface area contributed by atoms with Gasteiger partial charge in [-0.1, -0.05) is 42.5 Å². The van der Waals surface area contributed by atoms with Gasteiger partial charge in [-0.05, 0) is 58.7 Å². The first-order valence-corrected chi connectivity index (χ1v) is 12.7. The molecule has 5 rings (SSSR count). The van der Waals surface area contributed by atoms with Crippen LogP contribution in [0, 0.1) is 0 Å². The molecule has 1 N–H and O–H groups in total. The number of carbonyl (C=O) groups is 2. The molecule has 2 amide bonds. The number of alkyl halides is 3. The Hall–Kier alpha value is -3.79. The van der Waals surface area contributed by atoms with E-state index in [0.29, 0.717) is 22.5 Å². The fraction of sp³-hybridized carbons (Fsp3) is 0.214. The molecule has 10 heteroatoms. The molecule has 1 aromatic heterocycles. The van der Waals surface area contributed by atoms with Gasteiger partial charge in [-0.2, -0.15) is 13.2 Å². The minimum atomic E-state index is -4.61. The lowest BCUT2D eigenvalue weighted by molar-refractivity contribution is -0.137. The number of pyridine rings is 1. The van der Waals surface area contributed by atoms with Crippen molar-refractivity contribution in [2.45, 2.75) is 31.1 Å². The van der Waals surface area contributed by atoms with Gasteiger partial charge in [-0.15, -0.1) is 0 Å². The molecule has 0 radical (unpaired) electrons. The van der Waals surface area contributed by atoms with E-state index in [4.69, 9.17) is 4.99 Å². The Kier molecular flexibility index (Phi) is 6.92. The third kappa shape index (κ3) is 4.76. The zero-order chi connectivity index (χ0) is 27.0. The largest absolute Gasteiger partial charge is 0.416 e. The highest BCUT2D eigenvalue weighted by molar-refractivity contribution is 9.10. The van der Waals surface area contributed by atoms with Crippen LogP contribution >= 0.6 is 15.9 Å². The van der Waals surface area contributed by atoms with E-state index in [1.54, 1.807) is 29.3 Å². The van der Waals surface area contributed by atoms with Crippen LogP contribution in [0.15, 0.2) is 93.7 Å². The summed E-state index contributed by atoms with van der Waals surface area (Å²) < 4.78 is 40.3. The number of aliphatic imine (C=N–C) groups is 1. The Morgan fingerprint density at radius 1 is 1.05 bits per heavy atom. The van der Waals surface area contributed by atoms with Crippen molar-refractivity contribution in [1.29, 1.82) is 0 Å². The third-order valence-corrected chi connectivity index (χ3v) is 7.08. The van der Waals surface area contributed by atoms with Gasteiger partial charge in [-0.25, -0.2) is 4.98 Å². The lowest BCUT2D eigenvalue weighted by Gasteiger charge is -2.39. The van der Waals surface area contributed by atoms with E-state index in [0.717, 1.165) is 23.3 Å². The highest BCUT2D eigenvalue weighted by Gasteiger charge is 2.47. The number of hydrogen-bond acceptors (Lipinski definition) is 4. The molecular weight excluding hydrogens is 561 g/mol. The second-order valence-corrected chi connectivity index (χ2v) is 9.72. The van der Waals surface area contributed by atoms with Crippen LogP contribution in [0.2, 0.25) is 0 Å². The number of hydrogen-bond donors (Lipinski definition) is 1. The molecule has 38 heavy (non-hydrogen) atoms. The molecule has 2 aliphatic rings. The van der Waals surface area contributed by atoms with Crippen LogP contribution in [0.5, 0.6) is 0 Å². The Bertz CT molecular complexity index is 1460. The van der Waals surface area contributed by atoms with Crippen molar-refractivity contribution >= 4 is 34.0 Å². The van der Waals surface area contributed by atoms with Gasteiger partial charge in [0.25, 0.3) is 5.91 Å². The topological polar surface area (TPSA) is 74.7 Å². The maximum absolute atomic E-state index is 13.9. The lowest BCUT2D eigenvalue weighted by Crippen LogP contribution is -2.55. The predicted octanol–water partition coefficient (Wildman–Crippen LogP) is 5.69. The predicted molar refractivity (Wildman–Crippen MR) is 139 cm³/mol. The van der Waals surface area contributed by atoms with Gasteiger partial charge in [0, 0.05) is 23.9 Å². The number of benzene rings is 2. The van der Waals surface area contributed by atoms with Gasteiger partial charge in [-0.3, -0.25) is 14.6 Å². The highest BCUT2D eigenvalue weighted by Crippen LogP contribution is 2.45. The molecule has 3 aromatic rings. The van der Waals surface area contributed by atoms with E-state index in [1.807, 2.05) is 37.3 Å². The number of amides is 2. The number of nitrogens with one attached hydrogen (secondary N) is 1. The molecule has 0 fully saturated rings. The molecule has 0 spiro atoms. The van der Waals surface area contributed by atoms with Crippen molar-refractivity contribution in [3.63, 3.8) is 0 Å². The van der Waals surface area contributed by atoms with Gasteiger partial charge in [0.05, 0.1) is 22.9 Å². The summed E-state index contributed by atoms with van der Waals surface area (Å²) in [6.45, 7) is 2.14. The van der Waals surface area contributed by atoms with Crippen LogP contribution in [0.25, 0.3) is 0 Å². The molecule has 0 saturated heterocycles. The number of carbonyl (C=O) groups excluding carboxylic acids is 2. The standard InChI is InChI=1S/C28H22BrF3N4O2/c1-2-36-25-19(15-33-23(25)16-8-4-3-5-9-16)22(20-12-7-13-21(29)34-20)24(27(36)38)35-26(37)17-10-6-11-18(14-17)28(30,31)32/h3-15,22-24H,2H2,1H3,(H,35,37)/t22-,23-,24-/m1/s1. The number of aromatic nitrogens is 1. The summed E-state index contributed by atoms with van der Waals surface area (Å²) in [6, 6.07) is 17.4. The Morgan fingerprint density at radius 2 is 1.79 bits per heavy atom. The van der Waals surface area contributed by atoms with Gasteiger partial charge in [0.2, 0.25) is 5.91 Å². The zero-order valence-corrected chi connectivity index (χ0v) is 21.7. The number of likely N-dealkylation sites (N-methyl/N-ethyl adjacent to an activating group) is 1. The third-order valence-electron chi connectivity index (χ3n) is 6.63. The van der Waals surface area contributed by atoms with Crippen molar-refractivity contribution in [3.05, 3.63) is 111 Å². The molecule has 6 nitrogen and oxygen atoms in total. The second-order valence-electron chi connectivity index (χ2n) is 8.91. The SMILES string of the molecule is CCN1C(=O)[C@H](NC(=O)c2cccc(C(F)(F)F)c2)[C@@H](c2cccc(Br)n2)C2=C1[C@@H](c1ccccc1)N=C2. The molecule has 0 unspecified atom stereocenters. The molecule has 3 atom stereocenters. The first-order chi connectivity index (χ1) is 18.2. The van der Waals surface area contributed by atoms with Crippen molar-refractivity contribution in [1.82, 2.24) is 15.2 Å². The maximum Gasteiger partial charge on any atom is 0.416 e. The van der Waals surface area contributed by atoms with Gasteiger partial charge in [0.1, 0.15) is 16.7 Å². The van der Waals surface area contributed by atoms with Gasteiger partial charge < -0.3 is 10.2 Å². The molecule has 0 saturated carbocycles. The van der Waals surface area contributed by atoms with Gasteiger partial charge >= 0.3 is 6.18 Å². The molecule has 3 heterocycles. The summed E-state index contributed by atoms with van der Waals surface area (Å²) in [6.07, 6.45) is -2.90. The van der Waals surface area contributed by atoms with E-state index < -0.39 is 35.6 Å². The summed E-state index contributed by atoms with van der Waals surface area (Å²) in [5.74, 6) is -1.88. The Labute approximate surface area is 225 Å². The van der Waals surface area contributed by atoms with Crippen molar-refractivity contribution in [2.24, 2.45) is 4.99 Å². The number of nitrogens with zero attached hydrogens (tertiary/aromatic N) is 3. The van der Waals surface area contributed by atoms with E-state index in [-0.39, 0.29) is 11.5 Å². The first-order valence-electron chi connectivity index (χ1n) is 11.9. The van der Waals surface area contributed by atoms with Crippen LogP contribution in [-0.4, -0.2) is 40.5 Å². The van der Waals surface area contributed by atoms with E-state index in [1.165, 1.54) is 12.1 Å². The van der Waals surface area contributed by atoms with Crippen LogP contribution in [0.4, 0.5) is 13.2 Å². The van der Waals surface area contributed by atoms with Crippen LogP contribution < -0.4 is 5.32 Å². The average Bonchev–Trinajstić information content (AvgIpc) is 3.33. The second kappa shape index (κ2) is 10.2. The number of rotatable bonds is 5.